The maximum absolute atomic E-state index is 12.4. The highest BCUT2D eigenvalue weighted by molar-refractivity contribution is 7.14. The van der Waals surface area contributed by atoms with Crippen LogP contribution in [-0.4, -0.2) is 31.2 Å². The van der Waals surface area contributed by atoms with E-state index in [1.165, 1.54) is 11.3 Å². The predicted molar refractivity (Wildman–Crippen MR) is 84.5 cm³/mol. The Kier molecular flexibility index (Phi) is 4.31. The number of rotatable bonds is 6. The van der Waals surface area contributed by atoms with Gasteiger partial charge in [0.05, 0.1) is 18.8 Å². The van der Waals surface area contributed by atoms with Crippen LogP contribution in [0.1, 0.15) is 12.8 Å². The van der Waals surface area contributed by atoms with Crippen molar-refractivity contribution in [1.82, 2.24) is 4.98 Å². The fourth-order valence-corrected chi connectivity index (χ4v) is 3.03. The lowest BCUT2D eigenvalue weighted by Gasteiger charge is -2.19. The lowest BCUT2D eigenvalue weighted by atomic mass is 10.2. The van der Waals surface area contributed by atoms with Crippen LogP contribution in [0.25, 0.3) is 11.3 Å². The van der Waals surface area contributed by atoms with Gasteiger partial charge in [-0.2, -0.15) is 0 Å². The van der Waals surface area contributed by atoms with Crippen LogP contribution in [0.15, 0.2) is 35.7 Å². The number of methoxy groups -OCH3 is 1. The van der Waals surface area contributed by atoms with Crippen molar-refractivity contribution < 1.29 is 9.53 Å². The molecule has 1 aromatic heterocycles. The summed E-state index contributed by atoms with van der Waals surface area (Å²) in [7, 11) is 1.65. The molecule has 21 heavy (non-hydrogen) atoms. The molecule has 1 saturated carbocycles. The summed E-state index contributed by atoms with van der Waals surface area (Å²) in [5.74, 6) is 0.368. The zero-order valence-corrected chi connectivity index (χ0v) is 12.8. The van der Waals surface area contributed by atoms with E-state index in [1.807, 2.05) is 35.7 Å². The van der Waals surface area contributed by atoms with Crippen LogP contribution in [-0.2, 0) is 9.53 Å². The maximum atomic E-state index is 12.4. The number of thiazole rings is 1. The lowest BCUT2D eigenvalue weighted by Crippen LogP contribution is -2.35. The molecule has 1 heterocycles. The number of hydrogen-bond acceptors (Lipinski definition) is 4. The minimum atomic E-state index is 0.181. The second-order valence-electron chi connectivity index (χ2n) is 5.14. The number of nitrogens with zero attached hydrogens (tertiary/aromatic N) is 2. The first-order valence-electron chi connectivity index (χ1n) is 7.11. The van der Waals surface area contributed by atoms with E-state index in [0.29, 0.717) is 13.2 Å². The Hall–Kier alpha value is -1.72. The van der Waals surface area contributed by atoms with Crippen LogP contribution >= 0.6 is 11.3 Å². The molecule has 0 aliphatic heterocycles. The monoisotopic (exact) mass is 302 g/mol. The third kappa shape index (κ3) is 3.31. The average molecular weight is 302 g/mol. The Morgan fingerprint density at radius 2 is 2.14 bits per heavy atom. The zero-order chi connectivity index (χ0) is 14.7. The van der Waals surface area contributed by atoms with Gasteiger partial charge in [0.2, 0.25) is 5.91 Å². The highest BCUT2D eigenvalue weighted by Gasteiger charge is 2.34. The van der Waals surface area contributed by atoms with Crippen LogP contribution in [0.5, 0.6) is 0 Å². The van der Waals surface area contributed by atoms with Crippen molar-refractivity contribution in [2.24, 2.45) is 5.92 Å². The number of amides is 1. The molecule has 1 fully saturated rings. The first-order chi connectivity index (χ1) is 10.3. The molecule has 2 aromatic rings. The number of hydrogen-bond donors (Lipinski definition) is 0. The molecule has 1 aliphatic rings. The second-order valence-corrected chi connectivity index (χ2v) is 5.97. The Balaban J connectivity index is 1.82. The molecule has 0 radical (unpaired) electrons. The number of ether oxygens (including phenoxy) is 1. The molecule has 110 valence electrons. The summed E-state index contributed by atoms with van der Waals surface area (Å²) in [6.45, 7) is 1.09. The molecule has 0 saturated heterocycles. The Morgan fingerprint density at radius 3 is 2.81 bits per heavy atom. The summed E-state index contributed by atoms with van der Waals surface area (Å²) in [6.07, 6.45) is 2.00. The van der Waals surface area contributed by atoms with Crippen LogP contribution < -0.4 is 4.90 Å². The molecule has 0 atom stereocenters. The van der Waals surface area contributed by atoms with Gasteiger partial charge in [-0.3, -0.25) is 9.69 Å². The van der Waals surface area contributed by atoms with Gasteiger partial charge in [0.1, 0.15) is 0 Å². The summed E-state index contributed by atoms with van der Waals surface area (Å²) in [6, 6.07) is 10.0. The van der Waals surface area contributed by atoms with Crippen molar-refractivity contribution in [3.05, 3.63) is 35.7 Å². The minimum absolute atomic E-state index is 0.181. The number of anilines is 1. The number of carbonyl (C=O) groups is 1. The van der Waals surface area contributed by atoms with E-state index in [-0.39, 0.29) is 11.8 Å². The maximum Gasteiger partial charge on any atom is 0.231 e. The molecule has 1 aromatic carbocycles. The Bertz CT molecular complexity index is 608. The third-order valence-corrected chi connectivity index (χ3v) is 4.37. The van der Waals surface area contributed by atoms with Crippen molar-refractivity contribution >= 4 is 22.4 Å². The third-order valence-electron chi connectivity index (χ3n) is 3.50. The van der Waals surface area contributed by atoms with Crippen LogP contribution in [0, 0.1) is 5.92 Å². The molecule has 0 unspecified atom stereocenters. The highest BCUT2D eigenvalue weighted by Crippen LogP contribution is 2.34. The molecule has 1 amide bonds. The molecule has 0 N–H and O–H groups in total. The molecule has 1 aliphatic carbocycles. The van der Waals surface area contributed by atoms with E-state index in [2.05, 4.69) is 4.98 Å². The summed E-state index contributed by atoms with van der Waals surface area (Å²) in [5.41, 5.74) is 1.99. The molecule has 4 nitrogen and oxygen atoms in total. The highest BCUT2D eigenvalue weighted by atomic mass is 32.1. The number of carbonyl (C=O) groups excluding carboxylic acids is 1. The van der Waals surface area contributed by atoms with Crippen LogP contribution in [0.2, 0.25) is 0 Å². The van der Waals surface area contributed by atoms with Gasteiger partial charge in [0.25, 0.3) is 0 Å². The molecule has 0 bridgehead atoms. The molecule has 3 rings (SSSR count). The Morgan fingerprint density at radius 1 is 1.38 bits per heavy atom. The normalized spacial score (nSPS) is 14.1. The van der Waals surface area contributed by atoms with Gasteiger partial charge in [-0.1, -0.05) is 30.3 Å². The topological polar surface area (TPSA) is 42.4 Å². The predicted octanol–water partition coefficient (Wildman–Crippen LogP) is 3.20. The summed E-state index contributed by atoms with van der Waals surface area (Å²) in [5, 5.41) is 2.77. The van der Waals surface area contributed by atoms with E-state index < -0.39 is 0 Å². The minimum Gasteiger partial charge on any atom is -0.383 e. The lowest BCUT2D eigenvalue weighted by molar-refractivity contribution is -0.119. The van der Waals surface area contributed by atoms with Crippen molar-refractivity contribution in [3.63, 3.8) is 0 Å². The van der Waals surface area contributed by atoms with E-state index in [1.54, 1.807) is 12.0 Å². The van der Waals surface area contributed by atoms with Gasteiger partial charge in [0.15, 0.2) is 5.13 Å². The quantitative estimate of drug-likeness (QED) is 0.823. The van der Waals surface area contributed by atoms with Gasteiger partial charge >= 0.3 is 0 Å². The standard InChI is InChI=1S/C16H18N2O2S/c1-20-10-9-18(15(19)13-7-8-13)16-17-14(11-21-16)12-5-3-2-4-6-12/h2-6,11,13H,7-10H2,1H3. The molecular formula is C16H18N2O2S. The fourth-order valence-electron chi connectivity index (χ4n) is 2.16. The van der Waals surface area contributed by atoms with E-state index in [0.717, 1.165) is 29.2 Å². The van der Waals surface area contributed by atoms with Crippen molar-refractivity contribution in [2.75, 3.05) is 25.2 Å². The van der Waals surface area contributed by atoms with Gasteiger partial charge < -0.3 is 4.74 Å². The smallest absolute Gasteiger partial charge is 0.231 e. The van der Waals surface area contributed by atoms with E-state index in [9.17, 15) is 4.79 Å². The zero-order valence-electron chi connectivity index (χ0n) is 12.0. The van der Waals surface area contributed by atoms with Crippen molar-refractivity contribution in [1.29, 1.82) is 0 Å². The van der Waals surface area contributed by atoms with Crippen LogP contribution in [0.4, 0.5) is 5.13 Å². The van der Waals surface area contributed by atoms with Gasteiger partial charge in [0, 0.05) is 24.0 Å². The van der Waals surface area contributed by atoms with E-state index >= 15 is 0 Å². The van der Waals surface area contributed by atoms with Crippen LogP contribution in [0.3, 0.4) is 0 Å². The molecule has 0 spiro atoms. The first kappa shape index (κ1) is 14.2. The summed E-state index contributed by atoms with van der Waals surface area (Å²) in [4.78, 5) is 18.8. The number of benzene rings is 1. The van der Waals surface area contributed by atoms with Crippen molar-refractivity contribution in [3.8, 4) is 11.3 Å². The van der Waals surface area contributed by atoms with Gasteiger partial charge in [-0.25, -0.2) is 4.98 Å². The SMILES string of the molecule is COCCN(C(=O)C1CC1)c1nc(-c2ccccc2)cs1. The van der Waals surface area contributed by atoms with Gasteiger partial charge in [-0.15, -0.1) is 11.3 Å². The van der Waals surface area contributed by atoms with Crippen molar-refractivity contribution in [2.45, 2.75) is 12.8 Å². The summed E-state index contributed by atoms with van der Waals surface area (Å²) >= 11 is 1.51. The average Bonchev–Trinajstić information content (AvgIpc) is 3.27. The number of aromatic nitrogens is 1. The van der Waals surface area contributed by atoms with E-state index in [4.69, 9.17) is 4.74 Å². The fraction of sp³-hybridized carbons (Fsp3) is 0.375. The summed E-state index contributed by atoms with van der Waals surface area (Å²) < 4.78 is 5.12. The first-order valence-corrected chi connectivity index (χ1v) is 7.99. The Labute approximate surface area is 128 Å². The molecular weight excluding hydrogens is 284 g/mol. The van der Waals surface area contributed by atoms with Gasteiger partial charge in [-0.05, 0) is 12.8 Å². The second kappa shape index (κ2) is 6.37. The molecule has 5 heteroatoms. The largest absolute Gasteiger partial charge is 0.383 e.